The molecule has 1 aromatic carbocycles. The number of hydrogen-bond acceptors (Lipinski definition) is 5. The third kappa shape index (κ3) is 4.54. The first kappa shape index (κ1) is 17.0. The van der Waals surface area contributed by atoms with E-state index in [-0.39, 0.29) is 16.7 Å². The number of aromatic nitrogens is 1. The number of carbonyl (C=O) groups excluding carboxylic acids is 2. The standard InChI is InChI=1S/C16H15N3O2S2/c1-9-14(23-16(18-9)15(17)22)13(21)8-5-11-3-6-12(7-4-11)19-10(2)20/h3-8H,1-2H3,(H2,17,22)(H,19,20)/b8-5+. The maximum atomic E-state index is 12.2. The molecule has 0 spiro atoms. The lowest BCUT2D eigenvalue weighted by Gasteiger charge is -2.01. The zero-order valence-electron chi connectivity index (χ0n) is 12.6. The van der Waals surface area contributed by atoms with Gasteiger partial charge < -0.3 is 11.1 Å². The molecule has 0 aliphatic heterocycles. The topological polar surface area (TPSA) is 85.1 Å². The van der Waals surface area contributed by atoms with Crippen LogP contribution in [0, 0.1) is 6.92 Å². The van der Waals surface area contributed by atoms with Crippen LogP contribution >= 0.6 is 23.6 Å². The molecule has 2 rings (SSSR count). The molecule has 0 unspecified atom stereocenters. The fourth-order valence-electron chi connectivity index (χ4n) is 1.86. The molecule has 118 valence electrons. The van der Waals surface area contributed by atoms with E-state index in [4.69, 9.17) is 18.0 Å². The van der Waals surface area contributed by atoms with Crippen molar-refractivity contribution in [1.29, 1.82) is 0 Å². The minimum absolute atomic E-state index is 0.127. The van der Waals surface area contributed by atoms with Crippen molar-refractivity contribution in [2.75, 3.05) is 5.32 Å². The summed E-state index contributed by atoms with van der Waals surface area (Å²) in [5.74, 6) is -0.272. The Kier molecular flexibility index (Phi) is 5.36. The number of allylic oxidation sites excluding steroid dienone is 1. The zero-order valence-corrected chi connectivity index (χ0v) is 14.3. The second-order valence-electron chi connectivity index (χ2n) is 4.80. The first-order valence-electron chi connectivity index (χ1n) is 6.74. The average molecular weight is 345 g/mol. The van der Waals surface area contributed by atoms with Gasteiger partial charge in [0, 0.05) is 12.6 Å². The van der Waals surface area contributed by atoms with Crippen molar-refractivity contribution in [3.8, 4) is 0 Å². The van der Waals surface area contributed by atoms with Crippen LogP contribution in [-0.2, 0) is 4.79 Å². The van der Waals surface area contributed by atoms with E-state index < -0.39 is 0 Å². The summed E-state index contributed by atoms with van der Waals surface area (Å²) in [5.41, 5.74) is 7.71. The Morgan fingerprint density at radius 1 is 1.30 bits per heavy atom. The van der Waals surface area contributed by atoms with E-state index in [1.807, 2.05) is 12.1 Å². The number of nitrogens with one attached hydrogen (secondary N) is 1. The van der Waals surface area contributed by atoms with E-state index >= 15 is 0 Å². The fraction of sp³-hybridized carbons (Fsp3) is 0.125. The summed E-state index contributed by atoms with van der Waals surface area (Å²) in [5, 5.41) is 3.18. The van der Waals surface area contributed by atoms with Gasteiger partial charge in [0.25, 0.3) is 0 Å². The number of hydrogen-bond donors (Lipinski definition) is 2. The van der Waals surface area contributed by atoms with Crippen LogP contribution in [0.15, 0.2) is 30.3 Å². The van der Waals surface area contributed by atoms with Crippen LogP contribution in [0.1, 0.15) is 32.9 Å². The van der Waals surface area contributed by atoms with E-state index in [0.717, 1.165) is 5.56 Å². The molecule has 1 aromatic heterocycles. The quantitative estimate of drug-likeness (QED) is 0.494. The third-order valence-electron chi connectivity index (χ3n) is 2.89. The monoisotopic (exact) mass is 345 g/mol. The number of amides is 1. The minimum Gasteiger partial charge on any atom is -0.387 e. The molecule has 3 N–H and O–H groups in total. The maximum Gasteiger partial charge on any atom is 0.221 e. The Morgan fingerprint density at radius 3 is 2.48 bits per heavy atom. The number of nitrogens with two attached hydrogens (primary N) is 1. The second kappa shape index (κ2) is 7.26. The number of thiazole rings is 1. The molecule has 0 saturated carbocycles. The largest absolute Gasteiger partial charge is 0.387 e. The smallest absolute Gasteiger partial charge is 0.221 e. The van der Waals surface area contributed by atoms with Crippen molar-refractivity contribution < 1.29 is 9.59 Å². The summed E-state index contributed by atoms with van der Waals surface area (Å²) < 4.78 is 0. The van der Waals surface area contributed by atoms with Crippen LogP contribution in [0.3, 0.4) is 0 Å². The van der Waals surface area contributed by atoms with Gasteiger partial charge in [-0.25, -0.2) is 4.98 Å². The highest BCUT2D eigenvalue weighted by atomic mass is 32.1. The first-order chi connectivity index (χ1) is 10.9. The Hall–Kier alpha value is -2.38. The summed E-state index contributed by atoms with van der Waals surface area (Å²) in [4.78, 5) is 28.1. The van der Waals surface area contributed by atoms with Gasteiger partial charge in [0.15, 0.2) is 10.8 Å². The van der Waals surface area contributed by atoms with Gasteiger partial charge in [0.1, 0.15) is 4.99 Å². The van der Waals surface area contributed by atoms with Crippen molar-refractivity contribution in [1.82, 2.24) is 4.98 Å². The van der Waals surface area contributed by atoms with E-state index in [0.29, 0.717) is 21.3 Å². The minimum atomic E-state index is -0.145. The molecule has 0 radical (unpaired) electrons. The SMILES string of the molecule is CC(=O)Nc1ccc(/C=C/C(=O)c2sc(C(N)=S)nc2C)cc1. The number of ketones is 1. The number of carbonyl (C=O) groups is 2. The Balaban J connectivity index is 2.12. The molecule has 0 saturated heterocycles. The lowest BCUT2D eigenvalue weighted by Crippen LogP contribution is -2.08. The highest BCUT2D eigenvalue weighted by molar-refractivity contribution is 7.81. The van der Waals surface area contributed by atoms with Crippen LogP contribution in [0.25, 0.3) is 6.08 Å². The number of thiocarbonyl (C=S) groups is 1. The number of benzene rings is 1. The van der Waals surface area contributed by atoms with Gasteiger partial charge in [0.05, 0.1) is 10.6 Å². The Bertz CT molecular complexity index is 792. The third-order valence-corrected chi connectivity index (χ3v) is 4.42. The van der Waals surface area contributed by atoms with Crippen LogP contribution in [-0.4, -0.2) is 21.7 Å². The van der Waals surface area contributed by atoms with Gasteiger partial charge in [0.2, 0.25) is 5.91 Å². The van der Waals surface area contributed by atoms with Crippen molar-refractivity contribution in [2.45, 2.75) is 13.8 Å². The molecular formula is C16H15N3O2S2. The van der Waals surface area contributed by atoms with Gasteiger partial charge in [-0.15, -0.1) is 11.3 Å². The van der Waals surface area contributed by atoms with Crippen LogP contribution < -0.4 is 11.1 Å². The lowest BCUT2D eigenvalue weighted by atomic mass is 10.1. The number of anilines is 1. The molecule has 0 atom stereocenters. The molecule has 5 nitrogen and oxygen atoms in total. The highest BCUT2D eigenvalue weighted by Gasteiger charge is 2.14. The molecule has 0 bridgehead atoms. The van der Waals surface area contributed by atoms with Crippen molar-refractivity contribution in [3.63, 3.8) is 0 Å². The summed E-state index contributed by atoms with van der Waals surface area (Å²) in [7, 11) is 0. The predicted molar refractivity (Wildman–Crippen MR) is 96.8 cm³/mol. The maximum absolute atomic E-state index is 12.2. The molecule has 7 heteroatoms. The van der Waals surface area contributed by atoms with E-state index in [1.165, 1.54) is 24.3 Å². The first-order valence-corrected chi connectivity index (χ1v) is 7.96. The Labute approximate surface area is 143 Å². The van der Waals surface area contributed by atoms with E-state index in [2.05, 4.69) is 10.3 Å². The lowest BCUT2D eigenvalue weighted by molar-refractivity contribution is -0.114. The Morgan fingerprint density at radius 2 is 1.96 bits per heavy atom. The molecule has 1 amide bonds. The zero-order chi connectivity index (χ0) is 17.0. The molecule has 2 aromatic rings. The average Bonchev–Trinajstić information content (AvgIpc) is 2.88. The van der Waals surface area contributed by atoms with Crippen LogP contribution in [0.5, 0.6) is 0 Å². The normalized spacial score (nSPS) is 10.7. The summed E-state index contributed by atoms with van der Waals surface area (Å²) in [6, 6.07) is 7.17. The van der Waals surface area contributed by atoms with Crippen molar-refractivity contribution in [3.05, 3.63) is 51.5 Å². The number of aryl methyl sites for hydroxylation is 1. The molecule has 0 aliphatic rings. The van der Waals surface area contributed by atoms with Gasteiger partial charge in [-0.2, -0.15) is 0 Å². The number of rotatable bonds is 5. The van der Waals surface area contributed by atoms with Gasteiger partial charge in [-0.3, -0.25) is 9.59 Å². The molecule has 23 heavy (non-hydrogen) atoms. The summed E-state index contributed by atoms with van der Waals surface area (Å²) >= 11 is 6.07. The predicted octanol–water partition coefficient (Wildman–Crippen LogP) is 2.94. The second-order valence-corrected chi connectivity index (χ2v) is 6.24. The van der Waals surface area contributed by atoms with Gasteiger partial charge in [-0.05, 0) is 30.7 Å². The number of nitrogens with zero attached hydrogens (tertiary/aromatic N) is 1. The molecule has 1 heterocycles. The molecule has 0 fully saturated rings. The van der Waals surface area contributed by atoms with Crippen LogP contribution in [0.2, 0.25) is 0 Å². The van der Waals surface area contributed by atoms with E-state index in [9.17, 15) is 9.59 Å². The van der Waals surface area contributed by atoms with Crippen LogP contribution in [0.4, 0.5) is 5.69 Å². The summed E-state index contributed by atoms with van der Waals surface area (Å²) in [6.45, 7) is 3.20. The van der Waals surface area contributed by atoms with E-state index in [1.54, 1.807) is 25.1 Å². The van der Waals surface area contributed by atoms with Gasteiger partial charge in [-0.1, -0.05) is 30.4 Å². The van der Waals surface area contributed by atoms with Crippen molar-refractivity contribution in [2.24, 2.45) is 5.73 Å². The highest BCUT2D eigenvalue weighted by Crippen LogP contribution is 2.19. The fourth-order valence-corrected chi connectivity index (χ4v) is 2.87. The van der Waals surface area contributed by atoms with Gasteiger partial charge >= 0.3 is 0 Å². The van der Waals surface area contributed by atoms with Crippen molar-refractivity contribution >= 4 is 52.0 Å². The molecule has 0 aliphatic carbocycles. The summed E-state index contributed by atoms with van der Waals surface area (Å²) in [6.07, 6.45) is 3.19. The molecular weight excluding hydrogens is 330 g/mol.